The van der Waals surface area contributed by atoms with Crippen LogP contribution in [0, 0.1) is 33.8 Å². The van der Waals surface area contributed by atoms with Gasteiger partial charge in [-0.2, -0.15) is 0 Å². The van der Waals surface area contributed by atoms with E-state index in [4.69, 9.17) is 33.7 Å². The summed E-state index contributed by atoms with van der Waals surface area (Å²) in [6.07, 6.45) is 14.8. The second kappa shape index (κ2) is 23.3. The number of benzene rings is 4. The third-order valence-electron chi connectivity index (χ3n) is 15.2. The van der Waals surface area contributed by atoms with Gasteiger partial charge in [-0.05, 0) is 121 Å². The predicted molar refractivity (Wildman–Crippen MR) is 269 cm³/mol. The molecule has 15 nitrogen and oxygen atoms in total. The van der Waals surface area contributed by atoms with Gasteiger partial charge < -0.3 is 43.6 Å². The van der Waals surface area contributed by atoms with Gasteiger partial charge in [0.1, 0.15) is 36.2 Å². The molecule has 2 saturated carbocycles. The number of aliphatic hydroxyl groups excluding tert-OH is 2. The summed E-state index contributed by atoms with van der Waals surface area (Å²) in [5.74, 6) is 0.826. The van der Waals surface area contributed by atoms with E-state index in [1.165, 1.54) is 12.1 Å². The first kappa shape index (κ1) is 50.4. The number of aldehydes is 1. The van der Waals surface area contributed by atoms with Crippen molar-refractivity contribution in [1.29, 1.82) is 0 Å². The van der Waals surface area contributed by atoms with Crippen LogP contribution in [0.3, 0.4) is 0 Å². The van der Waals surface area contributed by atoms with Crippen molar-refractivity contribution in [2.45, 2.75) is 114 Å². The summed E-state index contributed by atoms with van der Waals surface area (Å²) < 4.78 is 32.8. The van der Waals surface area contributed by atoms with Crippen molar-refractivity contribution in [2.24, 2.45) is 28.8 Å². The molecule has 0 bridgehead atoms. The number of nitrogens with zero attached hydrogens (tertiary/aromatic N) is 3. The molecule has 0 unspecified atom stereocenters. The molecule has 380 valence electrons. The number of nitro groups is 1. The van der Waals surface area contributed by atoms with Crippen LogP contribution in [0.1, 0.15) is 116 Å². The van der Waals surface area contributed by atoms with Crippen LogP contribution in [0.5, 0.6) is 28.7 Å². The van der Waals surface area contributed by atoms with Crippen LogP contribution in [0.25, 0.3) is 0 Å². The highest BCUT2D eigenvalue weighted by atomic mass is 16.7. The zero-order valence-corrected chi connectivity index (χ0v) is 40.7. The molecule has 72 heavy (non-hydrogen) atoms. The first-order valence-corrected chi connectivity index (χ1v) is 25.6. The van der Waals surface area contributed by atoms with Crippen LogP contribution in [0.15, 0.2) is 114 Å². The number of nitro benzene ring substituents is 1. The second-order valence-corrected chi connectivity index (χ2v) is 19.7. The van der Waals surface area contributed by atoms with E-state index in [2.05, 4.69) is 12.7 Å². The Balaban J connectivity index is 1.22. The van der Waals surface area contributed by atoms with Gasteiger partial charge in [0.25, 0.3) is 5.69 Å². The molecule has 3 aliphatic carbocycles. The Morgan fingerprint density at radius 1 is 0.889 bits per heavy atom. The minimum absolute atomic E-state index is 0.0161. The molecule has 15 heteroatoms. The standard InChI is InChI=1S/C57H65N3O12/c1-2-28-69-57-53(59(54(64)25-19-38-10-3-4-11-38)34-40-18-23-51-52(30-40)68-37-67-51)33-49(58-70-36-39-16-20-43(21-17-39)60(65)66)47-31-42(13-5-7-26-61)46(15-6-8-27-62)55(56(47)57)48-32-45(22-24-50(48)72-57)71-44-14-9-12-41(29-44)35-63/h2,9,12,14,16-18,20-24,29-32,35,38,42,46,53,55-56,61-62H,1,3-8,10-11,13,15,19,25-28,33-34,36-37H2/t42-,46+,53-,55+,56+,57+/m0/s1. The molecule has 0 saturated heterocycles. The molecule has 0 spiro atoms. The van der Waals surface area contributed by atoms with Crippen molar-refractivity contribution < 1.29 is 53.2 Å². The smallest absolute Gasteiger partial charge is 0.269 e. The lowest BCUT2D eigenvalue weighted by molar-refractivity contribution is -0.384. The number of amides is 1. The van der Waals surface area contributed by atoms with Gasteiger partial charge in [-0.3, -0.25) is 19.7 Å². The first-order valence-electron chi connectivity index (χ1n) is 25.6. The van der Waals surface area contributed by atoms with Gasteiger partial charge in [-0.25, -0.2) is 0 Å². The van der Waals surface area contributed by atoms with Gasteiger partial charge >= 0.3 is 0 Å². The van der Waals surface area contributed by atoms with Gasteiger partial charge in [0.2, 0.25) is 18.5 Å². The average molecular weight is 984 g/mol. The summed E-state index contributed by atoms with van der Waals surface area (Å²) in [5, 5.41) is 36.6. The third-order valence-corrected chi connectivity index (χ3v) is 15.2. The van der Waals surface area contributed by atoms with E-state index in [9.17, 15) is 25.1 Å². The number of fused-ring (bicyclic) bond motifs is 3. The molecular weight excluding hydrogens is 919 g/mol. The minimum atomic E-state index is -1.50. The molecule has 2 N–H and O–H groups in total. The lowest BCUT2D eigenvalue weighted by atomic mass is 9.55. The number of carbonyl (C=O) groups excluding carboxylic acids is 2. The zero-order valence-electron chi connectivity index (χ0n) is 40.7. The average Bonchev–Trinajstić information content (AvgIpc) is 4.11. The highest BCUT2D eigenvalue weighted by Gasteiger charge is 2.65. The van der Waals surface area contributed by atoms with E-state index in [-0.39, 0.29) is 75.5 Å². The maximum atomic E-state index is 15.4. The summed E-state index contributed by atoms with van der Waals surface area (Å²) in [4.78, 5) is 46.5. The van der Waals surface area contributed by atoms with Crippen molar-refractivity contribution in [3.63, 3.8) is 0 Å². The molecule has 0 aromatic heterocycles. The quantitative estimate of drug-likeness (QED) is 0.0223. The van der Waals surface area contributed by atoms with Crippen molar-refractivity contribution in [1.82, 2.24) is 4.90 Å². The molecule has 2 fully saturated rings. The molecular formula is C57H65N3O12. The van der Waals surface area contributed by atoms with Crippen molar-refractivity contribution >= 4 is 23.6 Å². The Morgan fingerprint density at radius 2 is 1.64 bits per heavy atom. The number of unbranched alkanes of at least 4 members (excludes halogenated alkanes) is 2. The SMILES string of the molecule is C=CCO[C@@]12Oc3ccc(Oc4cccc(C=O)c4)cc3[C@H]3[C@H](CCCCO)[C@@H](CCCCO)C=C(C(=NOCc4ccc([N+](=O)[O-])cc4)C[C@@H]1N(Cc1ccc4c(c1)OCO4)C(=O)CCC1CCCC1)[C@H]32. The normalized spacial score (nSPS) is 23.3. The van der Waals surface area contributed by atoms with E-state index >= 15 is 4.79 Å². The minimum Gasteiger partial charge on any atom is -0.459 e. The maximum absolute atomic E-state index is 15.4. The van der Waals surface area contributed by atoms with Gasteiger partial charge in [0, 0.05) is 61.8 Å². The van der Waals surface area contributed by atoms with Gasteiger partial charge in [-0.1, -0.05) is 74.0 Å². The van der Waals surface area contributed by atoms with Crippen LogP contribution < -0.4 is 18.9 Å². The topological polar surface area (TPSA) is 189 Å². The van der Waals surface area contributed by atoms with Crippen LogP contribution in [-0.2, 0) is 27.5 Å². The predicted octanol–water partition coefficient (Wildman–Crippen LogP) is 10.8. The number of allylic oxidation sites excluding steroid dienone is 1. The summed E-state index contributed by atoms with van der Waals surface area (Å²) in [6, 6.07) is 23.9. The summed E-state index contributed by atoms with van der Waals surface area (Å²) >= 11 is 0. The fraction of sp³-hybridized carbons (Fsp3) is 0.456. The molecule has 2 heterocycles. The number of carbonyl (C=O) groups is 2. The Morgan fingerprint density at radius 3 is 2.40 bits per heavy atom. The Bertz CT molecular complexity index is 2630. The molecule has 2 aliphatic heterocycles. The summed E-state index contributed by atoms with van der Waals surface area (Å²) in [5.41, 5.74) is 4.35. The summed E-state index contributed by atoms with van der Waals surface area (Å²) in [7, 11) is 0. The molecule has 0 radical (unpaired) electrons. The van der Waals surface area contributed by atoms with Gasteiger partial charge in [-0.15, -0.1) is 6.58 Å². The van der Waals surface area contributed by atoms with Gasteiger partial charge in [0.05, 0.1) is 23.2 Å². The fourth-order valence-electron chi connectivity index (χ4n) is 11.8. The summed E-state index contributed by atoms with van der Waals surface area (Å²) in [6.45, 7) is 4.63. The van der Waals surface area contributed by atoms with Crippen LogP contribution in [0.4, 0.5) is 5.69 Å². The third kappa shape index (κ3) is 11.1. The molecule has 9 rings (SSSR count). The largest absolute Gasteiger partial charge is 0.459 e. The van der Waals surface area contributed by atoms with Gasteiger partial charge in [0.15, 0.2) is 11.5 Å². The fourth-order valence-corrected chi connectivity index (χ4v) is 11.8. The molecule has 1 amide bonds. The zero-order chi connectivity index (χ0) is 50.0. The maximum Gasteiger partial charge on any atom is 0.269 e. The number of hydrogen-bond acceptors (Lipinski definition) is 13. The van der Waals surface area contributed by atoms with E-state index < -0.39 is 22.7 Å². The van der Waals surface area contributed by atoms with E-state index in [0.29, 0.717) is 70.8 Å². The van der Waals surface area contributed by atoms with Crippen LogP contribution >= 0.6 is 0 Å². The first-order chi connectivity index (χ1) is 35.2. The molecule has 4 aromatic rings. The Kier molecular flexibility index (Phi) is 16.3. The number of non-ortho nitro benzene ring substituents is 1. The monoisotopic (exact) mass is 983 g/mol. The van der Waals surface area contributed by atoms with E-state index in [1.54, 1.807) is 42.5 Å². The molecule has 6 atom stereocenters. The van der Waals surface area contributed by atoms with Crippen molar-refractivity contribution in [3.05, 3.63) is 142 Å². The van der Waals surface area contributed by atoms with E-state index in [1.807, 2.05) is 41.3 Å². The lowest BCUT2D eigenvalue weighted by Crippen LogP contribution is -2.70. The highest BCUT2D eigenvalue weighted by molar-refractivity contribution is 6.03. The number of ether oxygens (including phenoxy) is 5. The Hall–Kier alpha value is -6.55. The number of oxime groups is 1. The highest BCUT2D eigenvalue weighted by Crippen LogP contribution is 2.62. The lowest BCUT2D eigenvalue weighted by Gasteiger charge is -2.60. The number of rotatable bonds is 24. The number of hydrogen-bond donors (Lipinski definition) is 2. The van der Waals surface area contributed by atoms with Crippen LogP contribution in [0.2, 0.25) is 0 Å². The Labute approximate surface area is 420 Å². The van der Waals surface area contributed by atoms with Crippen molar-refractivity contribution in [3.8, 4) is 28.7 Å². The second-order valence-electron chi connectivity index (χ2n) is 19.7. The van der Waals surface area contributed by atoms with Crippen LogP contribution in [-0.4, -0.2) is 76.4 Å². The molecule has 4 aromatic carbocycles. The number of aliphatic hydroxyl groups is 2. The van der Waals surface area contributed by atoms with Crippen molar-refractivity contribution in [2.75, 3.05) is 26.6 Å². The van der Waals surface area contributed by atoms with E-state index in [0.717, 1.165) is 80.8 Å². The molecule has 5 aliphatic rings.